The minimum Gasteiger partial charge on any atom is -1.00 e. The van der Waals surface area contributed by atoms with Gasteiger partial charge in [0, 0.05) is 18.3 Å². The summed E-state index contributed by atoms with van der Waals surface area (Å²) in [5.41, 5.74) is 3.99. The van der Waals surface area contributed by atoms with Crippen LogP contribution in [0.4, 0.5) is 0 Å². The quantitative estimate of drug-likeness (QED) is 0.330. The molecule has 0 aromatic rings. The lowest BCUT2D eigenvalue weighted by Crippen LogP contribution is -3.00. The first-order valence-electron chi connectivity index (χ1n) is 11.2. The molecule has 4 atom stereocenters. The van der Waals surface area contributed by atoms with Crippen molar-refractivity contribution in [3.63, 3.8) is 0 Å². The van der Waals surface area contributed by atoms with Crippen molar-refractivity contribution in [2.75, 3.05) is 54.4 Å². The Morgan fingerprint density at radius 1 is 0.846 bits per heavy atom. The summed E-state index contributed by atoms with van der Waals surface area (Å²) >= 11 is 0. The van der Waals surface area contributed by atoms with Gasteiger partial charge in [-0.25, -0.2) is 0 Å². The fraction of sp³-hybridized carbons (Fsp3) is 0.913. The van der Waals surface area contributed by atoms with Crippen LogP contribution in [0.25, 0.3) is 0 Å². The highest BCUT2D eigenvalue weighted by atomic mass is 127. The predicted octanol–water partition coefficient (Wildman–Crippen LogP) is 1.47. The lowest BCUT2D eigenvalue weighted by atomic mass is 9.58. The highest BCUT2D eigenvalue weighted by molar-refractivity contribution is 5.28. The van der Waals surface area contributed by atoms with Crippen molar-refractivity contribution >= 4 is 0 Å². The van der Waals surface area contributed by atoms with Gasteiger partial charge < -0.3 is 32.9 Å². The number of hydrogen-bond donors (Lipinski definition) is 0. The van der Waals surface area contributed by atoms with E-state index >= 15 is 0 Å². The van der Waals surface area contributed by atoms with Crippen molar-refractivity contribution in [1.82, 2.24) is 0 Å². The van der Waals surface area contributed by atoms with Crippen LogP contribution >= 0.6 is 0 Å². The van der Waals surface area contributed by atoms with E-state index in [4.69, 9.17) is 0 Å². The molecule has 0 amide bonds. The average Bonchev–Trinajstić information content (AvgIpc) is 2.92. The third-order valence-electron chi connectivity index (χ3n) is 8.14. The molecule has 4 aliphatic rings. The topological polar surface area (TPSA) is 0 Å². The van der Waals surface area contributed by atoms with E-state index in [0.29, 0.717) is 0 Å². The minimum absolute atomic E-state index is 0. The predicted molar refractivity (Wildman–Crippen MR) is 106 cm³/mol. The van der Waals surface area contributed by atoms with Gasteiger partial charge in [0.25, 0.3) is 0 Å². The number of hydrogen-bond acceptors (Lipinski definition) is 0. The van der Waals surface area contributed by atoms with Crippen molar-refractivity contribution < 1.29 is 32.9 Å². The molecule has 4 rings (SSSR count). The largest absolute Gasteiger partial charge is 1.00 e. The van der Waals surface area contributed by atoms with Gasteiger partial charge >= 0.3 is 0 Å². The molecule has 3 fully saturated rings. The molecule has 1 saturated heterocycles. The zero-order valence-electron chi connectivity index (χ0n) is 17.8. The van der Waals surface area contributed by atoms with Gasteiger partial charge in [-0.1, -0.05) is 24.0 Å². The summed E-state index contributed by atoms with van der Waals surface area (Å²) in [5, 5.41) is 0. The summed E-state index contributed by atoms with van der Waals surface area (Å²) in [6.45, 7) is 5.71. The van der Waals surface area contributed by atoms with Crippen LogP contribution in [0, 0.1) is 23.7 Å². The molecule has 0 spiro atoms. The SMILES string of the molecule is C[N+](C)(C)CCC[N+]1(C)CC2C3CCCCC3=C3CCCCC3C2C1.[I-]. The van der Waals surface area contributed by atoms with Crippen molar-refractivity contribution in [3.05, 3.63) is 11.1 Å². The summed E-state index contributed by atoms with van der Waals surface area (Å²) < 4.78 is 2.50. The van der Waals surface area contributed by atoms with Gasteiger partial charge in [-0.05, 0) is 50.4 Å². The number of halogens is 1. The third-order valence-corrected chi connectivity index (χ3v) is 8.14. The number of rotatable bonds is 4. The van der Waals surface area contributed by atoms with Gasteiger partial charge in [0.05, 0.1) is 54.4 Å². The van der Waals surface area contributed by atoms with Crippen molar-refractivity contribution in [2.45, 2.75) is 57.8 Å². The molecule has 4 unspecified atom stereocenters. The first-order valence-corrected chi connectivity index (χ1v) is 11.2. The number of nitrogens with zero attached hydrogens (tertiary/aromatic N) is 2. The van der Waals surface area contributed by atoms with Gasteiger partial charge in [0.1, 0.15) is 0 Å². The Labute approximate surface area is 179 Å². The van der Waals surface area contributed by atoms with Crippen molar-refractivity contribution in [3.8, 4) is 0 Å². The average molecular weight is 474 g/mol. The maximum Gasteiger partial charge on any atom is 0.0839 e. The zero-order chi connectivity index (χ0) is 17.7. The molecule has 2 saturated carbocycles. The fourth-order valence-electron chi connectivity index (χ4n) is 7.14. The second kappa shape index (κ2) is 8.02. The van der Waals surface area contributed by atoms with Gasteiger partial charge in [-0.15, -0.1) is 0 Å². The minimum atomic E-state index is 0. The molecule has 0 aromatic carbocycles. The first kappa shape index (κ1) is 21.1. The van der Waals surface area contributed by atoms with Crippen molar-refractivity contribution in [1.29, 1.82) is 0 Å². The van der Waals surface area contributed by atoms with E-state index < -0.39 is 0 Å². The summed E-state index contributed by atoms with van der Waals surface area (Å²) in [4.78, 5) is 0. The lowest BCUT2D eigenvalue weighted by molar-refractivity contribution is -0.910. The van der Waals surface area contributed by atoms with Crippen LogP contribution in [0.3, 0.4) is 0 Å². The molecule has 150 valence electrons. The van der Waals surface area contributed by atoms with E-state index in [0.717, 1.165) is 28.2 Å². The lowest BCUT2D eigenvalue weighted by Gasteiger charge is -2.45. The smallest absolute Gasteiger partial charge is 0.0839 e. The van der Waals surface area contributed by atoms with Gasteiger partial charge in [-0.2, -0.15) is 0 Å². The van der Waals surface area contributed by atoms with Crippen LogP contribution < -0.4 is 24.0 Å². The van der Waals surface area contributed by atoms with Crippen LogP contribution in [-0.2, 0) is 0 Å². The molecular weight excluding hydrogens is 431 g/mol. The van der Waals surface area contributed by atoms with Gasteiger partial charge in [-0.3, -0.25) is 0 Å². The molecule has 3 heteroatoms. The van der Waals surface area contributed by atoms with E-state index in [1.54, 1.807) is 0 Å². The standard InChI is InChI=1S/C23H42N2.HI/c1-24(2,3)14-9-15-25(4)16-22-20-12-7-5-10-18(20)19-11-6-8-13-21(19)23(22)17-25;/h20-23H,5-17H2,1-4H3;1H/q+2;/p-1. The normalized spacial score (nSPS) is 39.7. The van der Waals surface area contributed by atoms with E-state index in [-0.39, 0.29) is 24.0 Å². The van der Waals surface area contributed by atoms with Crippen LogP contribution in [-0.4, -0.2) is 63.3 Å². The molecule has 0 radical (unpaired) electrons. The molecule has 1 heterocycles. The molecule has 1 aliphatic heterocycles. The van der Waals surface area contributed by atoms with E-state index in [2.05, 4.69) is 28.2 Å². The maximum atomic E-state index is 2.60. The van der Waals surface area contributed by atoms with Gasteiger partial charge in [0.15, 0.2) is 0 Å². The van der Waals surface area contributed by atoms with Crippen LogP contribution in [0.5, 0.6) is 0 Å². The third kappa shape index (κ3) is 4.20. The Bertz CT molecular complexity index is 499. The first-order chi connectivity index (χ1) is 11.9. The second-order valence-corrected chi connectivity index (χ2v) is 11.2. The van der Waals surface area contributed by atoms with E-state index in [1.807, 2.05) is 11.1 Å². The maximum absolute atomic E-state index is 2.60. The summed E-state index contributed by atoms with van der Waals surface area (Å²) in [5.74, 6) is 4.02. The Morgan fingerprint density at radius 3 is 1.81 bits per heavy atom. The molecule has 0 bridgehead atoms. The Balaban J connectivity index is 0.00000196. The number of fused-ring (bicyclic) bond motifs is 5. The molecule has 26 heavy (non-hydrogen) atoms. The van der Waals surface area contributed by atoms with Crippen LogP contribution in [0.15, 0.2) is 11.1 Å². The summed E-state index contributed by atoms with van der Waals surface area (Å²) in [7, 11) is 9.63. The highest BCUT2D eigenvalue weighted by Crippen LogP contribution is 2.55. The zero-order valence-corrected chi connectivity index (χ0v) is 19.9. The molecule has 0 aromatic heterocycles. The summed E-state index contributed by atoms with van der Waals surface area (Å²) in [6, 6.07) is 0. The second-order valence-electron chi connectivity index (χ2n) is 11.2. The fourth-order valence-corrected chi connectivity index (χ4v) is 7.14. The Kier molecular flexibility index (Phi) is 6.51. The van der Waals surface area contributed by atoms with Crippen LogP contribution in [0.1, 0.15) is 57.8 Å². The Hall–Kier alpha value is 0.390. The van der Waals surface area contributed by atoms with E-state index in [9.17, 15) is 0 Å². The monoisotopic (exact) mass is 473 g/mol. The highest BCUT2D eigenvalue weighted by Gasteiger charge is 2.53. The molecule has 0 N–H and O–H groups in total. The number of quaternary nitrogens is 2. The van der Waals surface area contributed by atoms with Crippen LogP contribution in [0.2, 0.25) is 0 Å². The number of allylic oxidation sites excluding steroid dienone is 2. The molecular formula is C23H42IN2+. The van der Waals surface area contributed by atoms with Crippen molar-refractivity contribution in [2.24, 2.45) is 23.7 Å². The Morgan fingerprint density at radius 2 is 1.35 bits per heavy atom. The molecule has 3 aliphatic carbocycles. The van der Waals surface area contributed by atoms with Gasteiger partial charge in [0.2, 0.25) is 0 Å². The molecule has 2 nitrogen and oxygen atoms in total. The number of likely N-dealkylation sites (tertiary alicyclic amines) is 1. The van der Waals surface area contributed by atoms with E-state index in [1.165, 1.54) is 88.4 Å². The summed E-state index contributed by atoms with van der Waals surface area (Å²) in [6.07, 6.45) is 13.3.